The van der Waals surface area contributed by atoms with Crippen molar-refractivity contribution in [3.63, 3.8) is 0 Å². The molecule has 1 atom stereocenters. The van der Waals surface area contributed by atoms with Crippen molar-refractivity contribution in [1.29, 1.82) is 0 Å². The monoisotopic (exact) mass is 232 g/mol. The minimum Gasteiger partial charge on any atom is -0.325 e. The Kier molecular flexibility index (Phi) is 3.75. The fourth-order valence-corrected chi connectivity index (χ4v) is 1.41. The molecule has 0 aliphatic carbocycles. The van der Waals surface area contributed by atoms with Crippen molar-refractivity contribution >= 4 is 34.8 Å². The average Bonchev–Trinajstić information content (AvgIpc) is 2.01. The Morgan fingerprint density at radius 2 is 1.86 bits per heavy atom. The first-order valence-corrected chi connectivity index (χ1v) is 4.77. The van der Waals surface area contributed by atoms with Crippen LogP contribution in [0.2, 0.25) is 10.0 Å². The first-order valence-electron chi connectivity index (χ1n) is 4.01. The van der Waals surface area contributed by atoms with Gasteiger partial charge in [0.1, 0.15) is 0 Å². The summed E-state index contributed by atoms with van der Waals surface area (Å²) in [6.45, 7) is 1.60. The van der Waals surface area contributed by atoms with E-state index in [-0.39, 0.29) is 5.91 Å². The van der Waals surface area contributed by atoms with E-state index in [1.54, 1.807) is 25.1 Å². The van der Waals surface area contributed by atoms with Gasteiger partial charge in [0, 0.05) is 15.7 Å². The second-order valence-corrected chi connectivity index (χ2v) is 3.81. The van der Waals surface area contributed by atoms with E-state index in [2.05, 4.69) is 5.32 Å². The summed E-state index contributed by atoms with van der Waals surface area (Å²) in [5, 5.41) is 3.53. The van der Waals surface area contributed by atoms with E-state index in [4.69, 9.17) is 28.9 Å². The van der Waals surface area contributed by atoms with Crippen molar-refractivity contribution in [2.75, 3.05) is 5.32 Å². The lowest BCUT2D eigenvalue weighted by Crippen LogP contribution is -2.32. The fraction of sp³-hybridized carbons (Fsp3) is 0.222. The van der Waals surface area contributed by atoms with Crippen LogP contribution in [-0.4, -0.2) is 11.9 Å². The van der Waals surface area contributed by atoms with Crippen molar-refractivity contribution < 1.29 is 4.79 Å². The van der Waals surface area contributed by atoms with Gasteiger partial charge in [0.25, 0.3) is 0 Å². The van der Waals surface area contributed by atoms with E-state index in [1.807, 2.05) is 0 Å². The maximum Gasteiger partial charge on any atom is 0.241 e. The molecule has 5 heteroatoms. The lowest BCUT2D eigenvalue weighted by Gasteiger charge is -2.08. The minimum atomic E-state index is -0.562. The van der Waals surface area contributed by atoms with E-state index < -0.39 is 6.04 Å². The molecule has 0 aliphatic rings. The molecule has 0 saturated carbocycles. The van der Waals surface area contributed by atoms with Crippen LogP contribution >= 0.6 is 23.2 Å². The third kappa shape index (κ3) is 3.18. The molecular formula is C9H10Cl2N2O. The van der Waals surface area contributed by atoms with Crippen LogP contribution in [0.4, 0.5) is 5.69 Å². The normalized spacial score (nSPS) is 12.3. The van der Waals surface area contributed by atoms with Gasteiger partial charge >= 0.3 is 0 Å². The molecular weight excluding hydrogens is 223 g/mol. The standard InChI is InChI=1S/C9H10Cl2N2O/c1-5(12)9(14)13-8-3-6(10)2-7(11)4-8/h2-5H,12H2,1H3,(H,13,14)/t5-/m1/s1. The van der Waals surface area contributed by atoms with Gasteiger partial charge in [-0.15, -0.1) is 0 Å². The Morgan fingerprint density at radius 3 is 2.29 bits per heavy atom. The number of carbonyl (C=O) groups is 1. The second-order valence-electron chi connectivity index (χ2n) is 2.94. The topological polar surface area (TPSA) is 55.1 Å². The molecule has 0 fully saturated rings. The molecule has 0 radical (unpaired) electrons. The summed E-state index contributed by atoms with van der Waals surface area (Å²) in [6, 6.07) is 4.24. The maximum atomic E-state index is 11.2. The van der Waals surface area contributed by atoms with Gasteiger partial charge in [0.15, 0.2) is 0 Å². The van der Waals surface area contributed by atoms with E-state index in [0.717, 1.165) is 0 Å². The van der Waals surface area contributed by atoms with Gasteiger partial charge in [-0.3, -0.25) is 4.79 Å². The summed E-state index contributed by atoms with van der Waals surface area (Å²) in [6.07, 6.45) is 0. The van der Waals surface area contributed by atoms with Gasteiger partial charge in [-0.1, -0.05) is 23.2 Å². The summed E-state index contributed by atoms with van der Waals surface area (Å²) in [4.78, 5) is 11.2. The van der Waals surface area contributed by atoms with Gasteiger partial charge in [-0.05, 0) is 25.1 Å². The van der Waals surface area contributed by atoms with Crippen LogP contribution in [-0.2, 0) is 4.79 Å². The van der Waals surface area contributed by atoms with Crippen LogP contribution in [0, 0.1) is 0 Å². The van der Waals surface area contributed by atoms with Crippen LogP contribution < -0.4 is 11.1 Å². The summed E-state index contributed by atoms with van der Waals surface area (Å²) >= 11 is 11.5. The number of halogens is 2. The number of nitrogens with one attached hydrogen (secondary N) is 1. The molecule has 0 saturated heterocycles. The number of nitrogens with two attached hydrogens (primary N) is 1. The Labute approximate surface area is 92.2 Å². The number of hydrogen-bond donors (Lipinski definition) is 2. The Bertz CT molecular complexity index is 332. The first kappa shape index (κ1) is 11.3. The zero-order valence-electron chi connectivity index (χ0n) is 7.55. The molecule has 3 N–H and O–H groups in total. The van der Waals surface area contributed by atoms with Gasteiger partial charge in [0.05, 0.1) is 6.04 Å². The zero-order chi connectivity index (χ0) is 10.7. The van der Waals surface area contributed by atoms with Crippen molar-refractivity contribution in [1.82, 2.24) is 0 Å². The van der Waals surface area contributed by atoms with Crippen LogP contribution in [0.15, 0.2) is 18.2 Å². The van der Waals surface area contributed by atoms with E-state index in [0.29, 0.717) is 15.7 Å². The van der Waals surface area contributed by atoms with Crippen molar-refractivity contribution in [2.24, 2.45) is 5.73 Å². The molecule has 0 aromatic heterocycles. The molecule has 0 aliphatic heterocycles. The van der Waals surface area contributed by atoms with Crippen molar-refractivity contribution in [3.8, 4) is 0 Å². The third-order valence-corrected chi connectivity index (χ3v) is 1.98. The average molecular weight is 233 g/mol. The summed E-state index contributed by atoms with van der Waals surface area (Å²) in [5.41, 5.74) is 5.93. The van der Waals surface area contributed by atoms with E-state index in [1.165, 1.54) is 0 Å². The second kappa shape index (κ2) is 4.64. The molecule has 0 unspecified atom stereocenters. The smallest absolute Gasteiger partial charge is 0.241 e. The Hall–Kier alpha value is -0.770. The third-order valence-electron chi connectivity index (χ3n) is 1.54. The van der Waals surface area contributed by atoms with E-state index >= 15 is 0 Å². The summed E-state index contributed by atoms with van der Waals surface area (Å²) < 4.78 is 0. The van der Waals surface area contributed by atoms with Gasteiger partial charge in [-0.25, -0.2) is 0 Å². The lowest BCUT2D eigenvalue weighted by atomic mass is 10.3. The Morgan fingerprint density at radius 1 is 1.36 bits per heavy atom. The maximum absolute atomic E-state index is 11.2. The van der Waals surface area contributed by atoms with Crippen molar-refractivity contribution in [2.45, 2.75) is 13.0 Å². The number of rotatable bonds is 2. The molecule has 76 valence electrons. The van der Waals surface area contributed by atoms with Crippen LogP contribution in [0.3, 0.4) is 0 Å². The summed E-state index contributed by atoms with van der Waals surface area (Å²) in [7, 11) is 0. The van der Waals surface area contributed by atoms with Gasteiger partial charge in [0.2, 0.25) is 5.91 Å². The highest BCUT2D eigenvalue weighted by molar-refractivity contribution is 6.35. The van der Waals surface area contributed by atoms with Crippen LogP contribution in [0.5, 0.6) is 0 Å². The van der Waals surface area contributed by atoms with Gasteiger partial charge < -0.3 is 11.1 Å². The molecule has 1 aromatic carbocycles. The lowest BCUT2D eigenvalue weighted by molar-refractivity contribution is -0.117. The van der Waals surface area contributed by atoms with Crippen molar-refractivity contribution in [3.05, 3.63) is 28.2 Å². The number of anilines is 1. The highest BCUT2D eigenvalue weighted by atomic mass is 35.5. The predicted octanol–water partition coefficient (Wildman–Crippen LogP) is 2.28. The largest absolute Gasteiger partial charge is 0.325 e. The minimum absolute atomic E-state index is 0.275. The number of hydrogen-bond acceptors (Lipinski definition) is 2. The quantitative estimate of drug-likeness (QED) is 0.823. The molecule has 1 aromatic rings. The molecule has 0 bridgehead atoms. The zero-order valence-corrected chi connectivity index (χ0v) is 9.06. The SMILES string of the molecule is C[C@@H](N)C(=O)Nc1cc(Cl)cc(Cl)c1. The van der Waals surface area contributed by atoms with Gasteiger partial charge in [-0.2, -0.15) is 0 Å². The summed E-state index contributed by atoms with van der Waals surface area (Å²) in [5.74, 6) is -0.275. The molecule has 1 amide bonds. The van der Waals surface area contributed by atoms with Crippen LogP contribution in [0.25, 0.3) is 0 Å². The van der Waals surface area contributed by atoms with Crippen LogP contribution in [0.1, 0.15) is 6.92 Å². The fourth-order valence-electron chi connectivity index (χ4n) is 0.882. The molecule has 14 heavy (non-hydrogen) atoms. The molecule has 3 nitrogen and oxygen atoms in total. The predicted molar refractivity (Wildman–Crippen MR) is 58.7 cm³/mol. The molecule has 0 heterocycles. The Balaban J connectivity index is 2.82. The molecule has 0 spiro atoms. The highest BCUT2D eigenvalue weighted by Gasteiger charge is 2.07. The highest BCUT2D eigenvalue weighted by Crippen LogP contribution is 2.22. The molecule has 1 rings (SSSR count). The number of benzene rings is 1. The number of amides is 1. The van der Waals surface area contributed by atoms with E-state index in [9.17, 15) is 4.79 Å². The number of carbonyl (C=O) groups excluding carboxylic acids is 1. The first-order chi connectivity index (χ1) is 6.49.